The largest absolute Gasteiger partial charge is 0.354 e. The van der Waals surface area contributed by atoms with Gasteiger partial charge < -0.3 is 10.2 Å². The molecule has 0 saturated carbocycles. The zero-order chi connectivity index (χ0) is 18.6. The number of hydrogen-bond donors (Lipinski definition) is 1. The summed E-state index contributed by atoms with van der Waals surface area (Å²) < 4.78 is 0. The first-order chi connectivity index (χ1) is 13.2. The number of aryl methyl sites for hydroxylation is 1. The van der Waals surface area contributed by atoms with Gasteiger partial charge in [-0.25, -0.2) is 4.98 Å². The molecule has 27 heavy (non-hydrogen) atoms. The second-order valence-corrected chi connectivity index (χ2v) is 6.54. The van der Waals surface area contributed by atoms with Crippen LogP contribution in [0.3, 0.4) is 0 Å². The summed E-state index contributed by atoms with van der Waals surface area (Å²) in [5.74, 6) is 1.04. The van der Waals surface area contributed by atoms with E-state index < -0.39 is 0 Å². The number of carbonyl (C=O) groups is 1. The maximum atomic E-state index is 12.1. The number of anilines is 1. The third kappa shape index (κ3) is 3.89. The van der Waals surface area contributed by atoms with Crippen LogP contribution in [0.15, 0.2) is 49.1 Å². The Morgan fingerprint density at radius 1 is 1.11 bits per heavy atom. The lowest BCUT2D eigenvalue weighted by Crippen LogP contribution is -2.52. The van der Waals surface area contributed by atoms with E-state index in [-0.39, 0.29) is 5.91 Å². The van der Waals surface area contributed by atoms with Gasteiger partial charge in [-0.3, -0.25) is 14.8 Å². The van der Waals surface area contributed by atoms with Gasteiger partial charge in [-0.2, -0.15) is 0 Å². The maximum Gasteiger partial charge on any atom is 0.271 e. The molecule has 3 aromatic rings. The van der Waals surface area contributed by atoms with Crippen LogP contribution in [0.2, 0.25) is 0 Å². The molecule has 136 valence electrons. The van der Waals surface area contributed by atoms with Crippen LogP contribution >= 0.6 is 0 Å². The van der Waals surface area contributed by atoms with Gasteiger partial charge in [-0.05, 0) is 31.2 Å². The SMILES string of the molecule is Cc1cnc(C(=O)NCC2CN(c3ccc(-c4ccncc4)nn3)C2)cn1. The van der Waals surface area contributed by atoms with Gasteiger partial charge in [-0.1, -0.05) is 0 Å². The van der Waals surface area contributed by atoms with Gasteiger partial charge >= 0.3 is 0 Å². The Balaban J connectivity index is 1.27. The maximum absolute atomic E-state index is 12.1. The van der Waals surface area contributed by atoms with Crippen LogP contribution in [0.5, 0.6) is 0 Å². The lowest BCUT2D eigenvalue weighted by atomic mass is 10.00. The summed E-state index contributed by atoms with van der Waals surface area (Å²) in [5, 5.41) is 11.5. The predicted octanol–water partition coefficient (Wildman–Crippen LogP) is 1.50. The minimum Gasteiger partial charge on any atom is -0.354 e. The number of rotatable bonds is 5. The summed E-state index contributed by atoms with van der Waals surface area (Å²) in [5.41, 5.74) is 2.95. The molecule has 0 spiro atoms. The van der Waals surface area contributed by atoms with E-state index in [0.29, 0.717) is 18.2 Å². The molecule has 0 unspecified atom stereocenters. The van der Waals surface area contributed by atoms with Gasteiger partial charge in [0.2, 0.25) is 0 Å². The first-order valence-corrected chi connectivity index (χ1v) is 8.75. The number of hydrogen-bond acceptors (Lipinski definition) is 7. The fraction of sp³-hybridized carbons (Fsp3) is 0.263. The van der Waals surface area contributed by atoms with Crippen molar-refractivity contribution in [1.29, 1.82) is 0 Å². The Bertz CT molecular complexity index is 907. The molecule has 8 nitrogen and oxygen atoms in total. The topological polar surface area (TPSA) is 96.8 Å². The number of amides is 1. The summed E-state index contributed by atoms with van der Waals surface area (Å²) >= 11 is 0. The molecule has 0 aliphatic carbocycles. The molecular weight excluding hydrogens is 342 g/mol. The minimum absolute atomic E-state index is 0.192. The van der Waals surface area contributed by atoms with E-state index >= 15 is 0 Å². The first kappa shape index (κ1) is 17.0. The predicted molar refractivity (Wildman–Crippen MR) is 100 cm³/mol. The highest BCUT2D eigenvalue weighted by Gasteiger charge is 2.28. The van der Waals surface area contributed by atoms with Crippen molar-refractivity contribution < 1.29 is 4.79 Å². The van der Waals surface area contributed by atoms with Crippen LogP contribution in [0, 0.1) is 12.8 Å². The molecule has 1 amide bonds. The molecule has 0 aromatic carbocycles. The quantitative estimate of drug-likeness (QED) is 0.735. The van der Waals surface area contributed by atoms with E-state index in [1.165, 1.54) is 6.20 Å². The average Bonchev–Trinajstić information content (AvgIpc) is 2.68. The summed E-state index contributed by atoms with van der Waals surface area (Å²) in [6.07, 6.45) is 6.56. The van der Waals surface area contributed by atoms with Crippen molar-refractivity contribution in [3.8, 4) is 11.3 Å². The van der Waals surface area contributed by atoms with Crippen LogP contribution < -0.4 is 10.2 Å². The number of aromatic nitrogens is 5. The highest BCUT2D eigenvalue weighted by atomic mass is 16.1. The van der Waals surface area contributed by atoms with Gasteiger partial charge in [0, 0.05) is 49.7 Å². The fourth-order valence-electron chi connectivity index (χ4n) is 2.89. The number of nitrogens with zero attached hydrogens (tertiary/aromatic N) is 6. The summed E-state index contributed by atoms with van der Waals surface area (Å²) in [7, 11) is 0. The van der Waals surface area contributed by atoms with Crippen LogP contribution in [0.25, 0.3) is 11.3 Å². The lowest BCUT2D eigenvalue weighted by molar-refractivity contribution is 0.0939. The Hall–Kier alpha value is -3.42. The van der Waals surface area contributed by atoms with Gasteiger partial charge in [0.1, 0.15) is 5.69 Å². The van der Waals surface area contributed by atoms with Crippen LogP contribution in [-0.4, -0.2) is 50.7 Å². The molecule has 1 aliphatic heterocycles. The van der Waals surface area contributed by atoms with Gasteiger partial charge in [0.05, 0.1) is 17.6 Å². The van der Waals surface area contributed by atoms with Crippen molar-refractivity contribution in [3.63, 3.8) is 0 Å². The molecule has 8 heteroatoms. The van der Waals surface area contributed by atoms with Crippen molar-refractivity contribution in [3.05, 3.63) is 60.4 Å². The van der Waals surface area contributed by atoms with E-state index in [9.17, 15) is 4.79 Å². The van der Waals surface area contributed by atoms with E-state index in [1.807, 2.05) is 31.2 Å². The summed E-state index contributed by atoms with van der Waals surface area (Å²) in [6, 6.07) is 7.75. The molecule has 0 atom stereocenters. The molecule has 4 rings (SSSR count). The second-order valence-electron chi connectivity index (χ2n) is 6.54. The summed E-state index contributed by atoms with van der Waals surface area (Å²) in [4.78, 5) is 26.4. The van der Waals surface area contributed by atoms with E-state index in [4.69, 9.17) is 0 Å². The van der Waals surface area contributed by atoms with Crippen molar-refractivity contribution in [1.82, 2.24) is 30.5 Å². The zero-order valence-corrected chi connectivity index (χ0v) is 14.9. The monoisotopic (exact) mass is 361 g/mol. The molecular formula is C19H19N7O. The normalized spacial score (nSPS) is 13.9. The Labute approximate surface area is 156 Å². The van der Waals surface area contributed by atoms with Crippen molar-refractivity contribution in [2.24, 2.45) is 5.92 Å². The smallest absolute Gasteiger partial charge is 0.271 e. The molecule has 1 aliphatic rings. The Kier molecular flexibility index (Phi) is 4.69. The van der Waals surface area contributed by atoms with E-state index in [0.717, 1.165) is 35.9 Å². The molecule has 1 fully saturated rings. The zero-order valence-electron chi connectivity index (χ0n) is 14.9. The molecule has 4 heterocycles. The number of carbonyl (C=O) groups excluding carboxylic acids is 1. The molecule has 0 bridgehead atoms. The van der Waals surface area contributed by atoms with E-state index in [1.54, 1.807) is 18.6 Å². The molecule has 1 N–H and O–H groups in total. The molecule has 1 saturated heterocycles. The Morgan fingerprint density at radius 2 is 1.93 bits per heavy atom. The van der Waals surface area contributed by atoms with Gasteiger partial charge in [0.25, 0.3) is 5.91 Å². The molecule has 0 radical (unpaired) electrons. The highest BCUT2D eigenvalue weighted by Crippen LogP contribution is 2.23. The third-order valence-electron chi connectivity index (χ3n) is 4.47. The van der Waals surface area contributed by atoms with Gasteiger partial charge in [-0.15, -0.1) is 10.2 Å². The van der Waals surface area contributed by atoms with Gasteiger partial charge in [0.15, 0.2) is 5.82 Å². The first-order valence-electron chi connectivity index (χ1n) is 8.75. The average molecular weight is 361 g/mol. The fourth-order valence-corrected chi connectivity index (χ4v) is 2.89. The van der Waals surface area contributed by atoms with Crippen molar-refractivity contribution in [2.75, 3.05) is 24.5 Å². The van der Waals surface area contributed by atoms with E-state index in [2.05, 4.69) is 35.4 Å². The minimum atomic E-state index is -0.192. The lowest BCUT2D eigenvalue weighted by Gasteiger charge is -2.39. The van der Waals surface area contributed by atoms with Crippen LogP contribution in [0.4, 0.5) is 5.82 Å². The van der Waals surface area contributed by atoms with Crippen LogP contribution in [-0.2, 0) is 0 Å². The summed E-state index contributed by atoms with van der Waals surface area (Å²) in [6.45, 7) is 4.11. The number of nitrogens with one attached hydrogen (secondary N) is 1. The number of pyridine rings is 1. The highest BCUT2D eigenvalue weighted by molar-refractivity contribution is 5.91. The second kappa shape index (κ2) is 7.45. The Morgan fingerprint density at radius 3 is 2.59 bits per heavy atom. The van der Waals surface area contributed by atoms with Crippen molar-refractivity contribution in [2.45, 2.75) is 6.92 Å². The molecule has 3 aromatic heterocycles. The van der Waals surface area contributed by atoms with Crippen molar-refractivity contribution >= 4 is 11.7 Å². The standard InChI is InChI=1S/C19H19N7O/c1-13-8-22-17(10-21-13)19(27)23-9-14-11-26(12-14)18-3-2-16(24-25-18)15-4-6-20-7-5-15/h2-8,10,14H,9,11-12H2,1H3,(H,23,27). The third-order valence-corrected chi connectivity index (χ3v) is 4.47. The van der Waals surface area contributed by atoms with Crippen LogP contribution in [0.1, 0.15) is 16.2 Å².